The Hall–Kier alpha value is -3.18. The molecule has 0 saturated heterocycles. The van der Waals surface area contributed by atoms with E-state index in [1.165, 1.54) is 27.8 Å². The molecule has 0 aliphatic carbocycles. The summed E-state index contributed by atoms with van der Waals surface area (Å²) in [6, 6.07) is 19.6. The minimum Gasteiger partial charge on any atom is -0.497 e. The highest BCUT2D eigenvalue weighted by Gasteiger charge is 2.29. The first-order valence-electron chi connectivity index (χ1n) is 13.5. The maximum atomic E-state index is 13.9. The number of aryl methyl sites for hydroxylation is 1. The smallest absolute Gasteiger partial charge is 0.264 e. The Bertz CT molecular complexity index is 1600. The number of likely N-dealkylation sites (N-methyl/N-ethyl adjacent to an activating group) is 1. The molecular formula is C30H35ClN4O4S2. The fourth-order valence-corrected chi connectivity index (χ4v) is 7.56. The van der Waals surface area contributed by atoms with Crippen LogP contribution in [0.2, 0.25) is 0 Å². The van der Waals surface area contributed by atoms with Crippen molar-refractivity contribution in [3.63, 3.8) is 0 Å². The molecule has 3 aromatic carbocycles. The number of amides is 1. The molecule has 11 heteroatoms. The van der Waals surface area contributed by atoms with Crippen molar-refractivity contribution < 1.29 is 17.9 Å². The third-order valence-electron chi connectivity index (χ3n) is 7.35. The van der Waals surface area contributed by atoms with Gasteiger partial charge in [0, 0.05) is 25.2 Å². The molecule has 0 radical (unpaired) electrons. The number of anilines is 2. The average molecular weight is 615 g/mol. The van der Waals surface area contributed by atoms with Gasteiger partial charge in [-0.1, -0.05) is 43.4 Å². The van der Waals surface area contributed by atoms with Gasteiger partial charge in [-0.15, -0.1) is 12.4 Å². The number of thiazole rings is 1. The number of ether oxygens (including phenoxy) is 1. The molecule has 0 N–H and O–H groups in total. The summed E-state index contributed by atoms with van der Waals surface area (Å²) in [5, 5.41) is 0.599. The number of aromatic nitrogens is 1. The largest absolute Gasteiger partial charge is 0.497 e. The second-order valence-corrected chi connectivity index (χ2v) is 12.5. The van der Waals surface area contributed by atoms with Gasteiger partial charge in [0.05, 0.1) is 27.9 Å². The average Bonchev–Trinajstić information content (AvgIpc) is 3.41. The second-order valence-electron chi connectivity index (χ2n) is 9.65. The van der Waals surface area contributed by atoms with Crippen molar-refractivity contribution >= 4 is 60.7 Å². The van der Waals surface area contributed by atoms with E-state index in [9.17, 15) is 13.2 Å². The van der Waals surface area contributed by atoms with E-state index in [4.69, 9.17) is 9.72 Å². The first-order valence-corrected chi connectivity index (χ1v) is 15.8. The van der Waals surface area contributed by atoms with Crippen LogP contribution in [0.5, 0.6) is 5.75 Å². The molecule has 5 rings (SSSR count). The number of sulfonamides is 1. The van der Waals surface area contributed by atoms with E-state index in [1.54, 1.807) is 24.1 Å². The summed E-state index contributed by atoms with van der Waals surface area (Å²) in [6.45, 7) is 7.53. The van der Waals surface area contributed by atoms with Crippen LogP contribution in [0.1, 0.15) is 36.2 Å². The molecule has 4 aromatic rings. The van der Waals surface area contributed by atoms with Crippen LogP contribution >= 0.6 is 23.7 Å². The van der Waals surface area contributed by atoms with E-state index in [0.717, 1.165) is 53.1 Å². The Labute approximate surface area is 252 Å². The minimum atomic E-state index is -3.76. The van der Waals surface area contributed by atoms with Crippen LogP contribution in [0.15, 0.2) is 71.6 Å². The van der Waals surface area contributed by atoms with E-state index in [2.05, 4.69) is 18.7 Å². The molecule has 8 nitrogen and oxygen atoms in total. The van der Waals surface area contributed by atoms with Gasteiger partial charge in [0.25, 0.3) is 15.9 Å². The van der Waals surface area contributed by atoms with Gasteiger partial charge in [0.1, 0.15) is 5.75 Å². The summed E-state index contributed by atoms with van der Waals surface area (Å²) in [4.78, 5) is 22.7. The highest BCUT2D eigenvalue weighted by molar-refractivity contribution is 7.92. The Balaban J connectivity index is 0.00000387. The van der Waals surface area contributed by atoms with Crippen LogP contribution in [0.3, 0.4) is 0 Å². The van der Waals surface area contributed by atoms with Crippen molar-refractivity contribution in [3.8, 4) is 5.75 Å². The highest BCUT2D eigenvalue weighted by Crippen LogP contribution is 2.34. The molecule has 41 heavy (non-hydrogen) atoms. The maximum absolute atomic E-state index is 13.9. The van der Waals surface area contributed by atoms with Crippen LogP contribution in [0.25, 0.3) is 10.2 Å². The Kier molecular flexibility index (Phi) is 9.91. The summed E-state index contributed by atoms with van der Waals surface area (Å²) in [7, 11) is -2.14. The third kappa shape index (κ3) is 6.35. The first-order chi connectivity index (χ1) is 19.3. The monoisotopic (exact) mass is 614 g/mol. The SMILES string of the molecule is CCN(CC)CCN(C(=O)c1ccc(S(=O)(=O)N2CCCc3ccccc32)cc1)c1nc2ccc(OC)cc2s1.Cl. The Morgan fingerprint density at radius 2 is 1.76 bits per heavy atom. The van der Waals surface area contributed by atoms with Crippen LogP contribution in [0, 0.1) is 0 Å². The number of halogens is 1. The third-order valence-corrected chi connectivity index (χ3v) is 10.2. The lowest BCUT2D eigenvalue weighted by Gasteiger charge is -2.30. The molecule has 0 atom stereocenters. The van der Waals surface area contributed by atoms with Gasteiger partial charge in [-0.25, -0.2) is 13.4 Å². The number of rotatable bonds is 10. The highest BCUT2D eigenvalue weighted by atomic mass is 35.5. The summed E-state index contributed by atoms with van der Waals surface area (Å²) in [5.41, 5.74) is 2.96. The fraction of sp³-hybridized carbons (Fsp3) is 0.333. The molecule has 1 amide bonds. The summed E-state index contributed by atoms with van der Waals surface area (Å²) >= 11 is 1.44. The standard InChI is InChI=1S/C30H34N4O4S2.ClH/c1-4-32(5-2)19-20-33(30-31-26-17-14-24(38-3)21-28(26)39-30)29(35)23-12-15-25(16-13-23)40(36,37)34-18-8-10-22-9-6-7-11-27(22)34;/h6-7,9,11-17,21H,4-5,8,10,18-20H2,1-3H3;1H. The van der Waals surface area contributed by atoms with Gasteiger partial charge in [-0.2, -0.15) is 0 Å². The minimum absolute atomic E-state index is 0. The summed E-state index contributed by atoms with van der Waals surface area (Å²) in [5.74, 6) is 0.516. The molecule has 0 saturated carbocycles. The van der Waals surface area contributed by atoms with Gasteiger partial charge in [0.15, 0.2) is 5.13 Å². The lowest BCUT2D eigenvalue weighted by atomic mass is 10.0. The van der Waals surface area contributed by atoms with E-state index in [0.29, 0.717) is 30.3 Å². The van der Waals surface area contributed by atoms with Crippen molar-refractivity contribution in [3.05, 3.63) is 77.9 Å². The zero-order valence-electron chi connectivity index (χ0n) is 23.4. The normalized spacial score (nSPS) is 13.1. The molecular weight excluding hydrogens is 580 g/mol. The zero-order chi connectivity index (χ0) is 28.3. The second kappa shape index (κ2) is 13.2. The van der Waals surface area contributed by atoms with Gasteiger partial charge >= 0.3 is 0 Å². The predicted molar refractivity (Wildman–Crippen MR) is 169 cm³/mol. The van der Waals surface area contributed by atoms with Gasteiger partial charge in [-0.05, 0) is 80.0 Å². The van der Waals surface area contributed by atoms with Crippen molar-refractivity contribution in [1.82, 2.24) is 9.88 Å². The number of hydrogen-bond donors (Lipinski definition) is 0. The van der Waals surface area contributed by atoms with Crippen LogP contribution in [0.4, 0.5) is 10.8 Å². The molecule has 2 heterocycles. The van der Waals surface area contributed by atoms with Crippen LogP contribution in [-0.4, -0.2) is 64.0 Å². The number of methoxy groups -OCH3 is 1. The van der Waals surface area contributed by atoms with E-state index in [-0.39, 0.29) is 23.2 Å². The maximum Gasteiger partial charge on any atom is 0.264 e. The zero-order valence-corrected chi connectivity index (χ0v) is 25.9. The molecule has 1 aliphatic rings. The lowest BCUT2D eigenvalue weighted by molar-refractivity contribution is 0.0983. The number of carbonyl (C=O) groups is 1. The van der Waals surface area contributed by atoms with Crippen molar-refractivity contribution in [2.45, 2.75) is 31.6 Å². The molecule has 0 fully saturated rings. The van der Waals surface area contributed by atoms with Gasteiger partial charge < -0.3 is 9.64 Å². The molecule has 1 aromatic heterocycles. The molecule has 0 unspecified atom stereocenters. The number of carbonyl (C=O) groups excluding carboxylic acids is 1. The van der Waals surface area contributed by atoms with Crippen LogP contribution < -0.4 is 13.9 Å². The van der Waals surface area contributed by atoms with E-state index in [1.807, 2.05) is 42.5 Å². The first kappa shape index (κ1) is 30.8. The Morgan fingerprint density at radius 3 is 2.46 bits per heavy atom. The van der Waals surface area contributed by atoms with E-state index >= 15 is 0 Å². The molecule has 0 bridgehead atoms. The number of fused-ring (bicyclic) bond motifs is 2. The molecule has 218 valence electrons. The number of benzene rings is 3. The molecule has 0 spiro atoms. The van der Waals surface area contributed by atoms with Crippen molar-refractivity contribution in [1.29, 1.82) is 0 Å². The van der Waals surface area contributed by atoms with Gasteiger partial charge in [-0.3, -0.25) is 14.0 Å². The Morgan fingerprint density at radius 1 is 1.02 bits per heavy atom. The summed E-state index contributed by atoms with van der Waals surface area (Å²) < 4.78 is 34.9. The lowest BCUT2D eigenvalue weighted by Crippen LogP contribution is -2.39. The quantitative estimate of drug-likeness (QED) is 0.223. The fourth-order valence-electron chi connectivity index (χ4n) is 5.00. The number of hydrogen-bond acceptors (Lipinski definition) is 7. The number of para-hydroxylation sites is 1. The predicted octanol–water partition coefficient (Wildman–Crippen LogP) is 5.86. The van der Waals surface area contributed by atoms with E-state index < -0.39 is 10.0 Å². The van der Waals surface area contributed by atoms with Gasteiger partial charge in [0.2, 0.25) is 0 Å². The summed E-state index contributed by atoms with van der Waals surface area (Å²) in [6.07, 6.45) is 1.62. The van der Waals surface area contributed by atoms with Crippen molar-refractivity contribution in [2.75, 3.05) is 49.0 Å². The van der Waals surface area contributed by atoms with Crippen molar-refractivity contribution in [2.24, 2.45) is 0 Å². The molecule has 1 aliphatic heterocycles. The topological polar surface area (TPSA) is 83.1 Å². The van der Waals surface area contributed by atoms with Crippen LogP contribution in [-0.2, 0) is 16.4 Å². The number of nitrogens with zero attached hydrogens (tertiary/aromatic N) is 4.